The number of benzene rings is 1. The molecule has 23 heavy (non-hydrogen) atoms. The Balaban J connectivity index is 1.63. The van der Waals surface area contributed by atoms with Crippen molar-refractivity contribution in [1.82, 2.24) is 20.0 Å². The lowest BCUT2D eigenvalue weighted by Gasteiger charge is -2.25. The molecule has 8 heteroatoms. The largest absolute Gasteiger partial charge is 0.354 e. The number of carbonyl (C=O) groups excluding carboxylic acids is 1. The van der Waals surface area contributed by atoms with Gasteiger partial charge in [-0.05, 0) is 18.1 Å². The minimum absolute atomic E-state index is 0.239. The molecule has 0 radical (unpaired) electrons. The fraction of sp³-hybridized carbons (Fsp3) is 0.267. The van der Waals surface area contributed by atoms with Gasteiger partial charge in [0.1, 0.15) is 6.04 Å². The molecular formula is C15H16N4O3S. The van der Waals surface area contributed by atoms with Crippen molar-refractivity contribution in [3.8, 4) is 0 Å². The van der Waals surface area contributed by atoms with E-state index < -0.39 is 16.1 Å². The molecule has 2 aromatic rings. The lowest BCUT2D eigenvalue weighted by Crippen LogP contribution is -2.50. The zero-order chi connectivity index (χ0) is 16.3. The summed E-state index contributed by atoms with van der Waals surface area (Å²) in [4.78, 5) is 20.5. The number of sulfonamides is 1. The Kier molecular flexibility index (Phi) is 4.35. The molecule has 120 valence electrons. The highest BCUT2D eigenvalue weighted by molar-refractivity contribution is 7.89. The first-order chi connectivity index (χ1) is 11.1. The maximum absolute atomic E-state index is 12.2. The highest BCUT2D eigenvalue weighted by Gasteiger charge is 2.32. The summed E-state index contributed by atoms with van der Waals surface area (Å²) in [7, 11) is -3.65. The van der Waals surface area contributed by atoms with E-state index in [0.717, 1.165) is 5.69 Å². The summed E-state index contributed by atoms with van der Waals surface area (Å²) in [6.07, 6.45) is 5.67. The van der Waals surface area contributed by atoms with Crippen molar-refractivity contribution >= 4 is 15.9 Å². The van der Waals surface area contributed by atoms with E-state index in [1.807, 2.05) is 0 Å². The summed E-state index contributed by atoms with van der Waals surface area (Å²) in [5, 5.41) is 2.74. The Labute approximate surface area is 134 Å². The molecule has 1 amide bonds. The normalized spacial score (nSPS) is 18.9. The average Bonchev–Trinajstić information content (AvgIpc) is 2.55. The molecule has 7 nitrogen and oxygen atoms in total. The number of nitrogens with zero attached hydrogens (tertiary/aromatic N) is 2. The highest BCUT2D eigenvalue weighted by Crippen LogP contribution is 2.22. The molecule has 0 unspecified atom stereocenters. The molecule has 0 saturated heterocycles. The van der Waals surface area contributed by atoms with Crippen molar-refractivity contribution < 1.29 is 13.2 Å². The van der Waals surface area contributed by atoms with E-state index in [2.05, 4.69) is 20.0 Å². The summed E-state index contributed by atoms with van der Waals surface area (Å²) >= 11 is 0. The van der Waals surface area contributed by atoms with Crippen molar-refractivity contribution in [1.29, 1.82) is 0 Å². The molecule has 0 fully saturated rings. The maximum Gasteiger partial charge on any atom is 0.241 e. The topological polar surface area (TPSA) is 101 Å². The van der Waals surface area contributed by atoms with Crippen LogP contribution < -0.4 is 10.0 Å². The first kappa shape index (κ1) is 15.6. The van der Waals surface area contributed by atoms with Crippen LogP contribution in [0.4, 0.5) is 0 Å². The quantitative estimate of drug-likeness (QED) is 0.823. The van der Waals surface area contributed by atoms with E-state index in [9.17, 15) is 13.2 Å². The smallest absolute Gasteiger partial charge is 0.241 e. The van der Waals surface area contributed by atoms with E-state index in [1.54, 1.807) is 42.9 Å². The van der Waals surface area contributed by atoms with E-state index in [-0.39, 0.29) is 10.8 Å². The fourth-order valence-corrected chi connectivity index (χ4v) is 3.94. The summed E-state index contributed by atoms with van der Waals surface area (Å²) in [5.74, 6) is -0.341. The molecule has 1 aromatic carbocycles. The van der Waals surface area contributed by atoms with Gasteiger partial charge in [0.25, 0.3) is 0 Å². The Morgan fingerprint density at radius 2 is 2.13 bits per heavy atom. The molecular weight excluding hydrogens is 316 g/mol. The van der Waals surface area contributed by atoms with Gasteiger partial charge in [0.05, 0.1) is 10.6 Å². The number of nitrogens with one attached hydrogen (secondary N) is 2. The van der Waals surface area contributed by atoms with Gasteiger partial charge in [-0.2, -0.15) is 4.72 Å². The van der Waals surface area contributed by atoms with Crippen LogP contribution in [0.15, 0.2) is 47.8 Å². The fourth-order valence-electron chi connectivity index (χ4n) is 2.49. The van der Waals surface area contributed by atoms with Gasteiger partial charge >= 0.3 is 0 Å². The number of amides is 1. The number of fused-ring (bicyclic) bond motifs is 1. The van der Waals surface area contributed by atoms with Gasteiger partial charge in [-0.15, -0.1) is 0 Å². The molecule has 1 aromatic heterocycles. The van der Waals surface area contributed by atoms with Crippen LogP contribution in [-0.4, -0.2) is 36.9 Å². The number of hydrogen-bond donors (Lipinski definition) is 2. The zero-order valence-electron chi connectivity index (χ0n) is 12.3. The Hall–Kier alpha value is -2.32. The molecule has 1 atom stereocenters. The number of carbonyl (C=O) groups is 1. The maximum atomic E-state index is 12.2. The van der Waals surface area contributed by atoms with Crippen molar-refractivity contribution in [3.63, 3.8) is 0 Å². The van der Waals surface area contributed by atoms with Crippen LogP contribution in [0.3, 0.4) is 0 Å². The monoisotopic (exact) mass is 332 g/mol. The van der Waals surface area contributed by atoms with E-state index in [4.69, 9.17) is 0 Å². The zero-order valence-corrected chi connectivity index (χ0v) is 13.1. The van der Waals surface area contributed by atoms with Crippen LogP contribution in [0.25, 0.3) is 0 Å². The van der Waals surface area contributed by atoms with E-state index >= 15 is 0 Å². The molecule has 0 bridgehead atoms. The third-order valence-corrected chi connectivity index (χ3v) is 5.17. The first-order valence-electron chi connectivity index (χ1n) is 7.19. The second-order valence-electron chi connectivity index (χ2n) is 5.22. The van der Waals surface area contributed by atoms with Gasteiger partial charge in [0.2, 0.25) is 15.9 Å². The van der Waals surface area contributed by atoms with Crippen LogP contribution in [-0.2, 0) is 27.7 Å². The summed E-state index contributed by atoms with van der Waals surface area (Å²) in [6.45, 7) is 0.372. The summed E-state index contributed by atoms with van der Waals surface area (Å²) < 4.78 is 26.8. The third-order valence-electron chi connectivity index (χ3n) is 3.60. The molecule has 2 heterocycles. The van der Waals surface area contributed by atoms with Crippen molar-refractivity contribution in [2.45, 2.75) is 23.8 Å². The SMILES string of the molecule is O=C(NCCc1cnccn1)[C@H]1Cc2ccccc2S(=O)(=O)N1. The van der Waals surface area contributed by atoms with Gasteiger partial charge in [-0.25, -0.2) is 8.42 Å². The Morgan fingerprint density at radius 3 is 2.91 bits per heavy atom. The van der Waals surface area contributed by atoms with Crippen LogP contribution in [0.5, 0.6) is 0 Å². The second-order valence-corrected chi connectivity index (χ2v) is 6.91. The van der Waals surface area contributed by atoms with E-state index in [1.165, 1.54) is 0 Å². The second kappa shape index (κ2) is 6.43. The number of hydrogen-bond acceptors (Lipinski definition) is 5. The molecule has 2 N–H and O–H groups in total. The lowest BCUT2D eigenvalue weighted by atomic mass is 10.1. The first-order valence-corrected chi connectivity index (χ1v) is 8.67. The van der Waals surface area contributed by atoms with Crippen LogP contribution in [0.1, 0.15) is 11.3 Å². The highest BCUT2D eigenvalue weighted by atomic mass is 32.2. The molecule has 1 aliphatic heterocycles. The minimum atomic E-state index is -3.65. The van der Waals surface area contributed by atoms with E-state index in [0.29, 0.717) is 24.9 Å². The van der Waals surface area contributed by atoms with Crippen LogP contribution in [0, 0.1) is 0 Å². The van der Waals surface area contributed by atoms with Crippen LogP contribution >= 0.6 is 0 Å². The van der Waals surface area contributed by atoms with Crippen molar-refractivity contribution in [2.24, 2.45) is 0 Å². The molecule has 0 spiro atoms. The predicted molar refractivity (Wildman–Crippen MR) is 83.0 cm³/mol. The predicted octanol–water partition coefficient (Wildman–Crippen LogP) is 0.0385. The Bertz CT molecular complexity index is 808. The molecule has 1 aliphatic rings. The lowest BCUT2D eigenvalue weighted by molar-refractivity contribution is -0.122. The van der Waals surface area contributed by atoms with Gasteiger partial charge < -0.3 is 5.32 Å². The molecule has 0 saturated carbocycles. The minimum Gasteiger partial charge on any atom is -0.354 e. The molecule has 0 aliphatic carbocycles. The van der Waals surface area contributed by atoms with Gasteiger partial charge in [0.15, 0.2) is 0 Å². The number of aromatic nitrogens is 2. The number of rotatable bonds is 4. The average molecular weight is 332 g/mol. The van der Waals surface area contributed by atoms with Crippen molar-refractivity contribution in [3.05, 3.63) is 54.1 Å². The Morgan fingerprint density at radius 1 is 1.30 bits per heavy atom. The van der Waals surface area contributed by atoms with Crippen molar-refractivity contribution in [2.75, 3.05) is 6.54 Å². The third kappa shape index (κ3) is 3.54. The summed E-state index contributed by atoms with van der Waals surface area (Å²) in [5.41, 5.74) is 1.42. The van der Waals surface area contributed by atoms with Gasteiger partial charge in [-0.3, -0.25) is 14.8 Å². The standard InChI is InChI=1S/C15H16N4O3S/c20-15(18-6-5-12-10-16-7-8-17-12)13-9-11-3-1-2-4-14(11)23(21,22)19-13/h1-4,7-8,10,13,19H,5-6,9H2,(H,18,20)/t13-/m1/s1. The van der Waals surface area contributed by atoms with Gasteiger partial charge in [0, 0.05) is 31.6 Å². The molecule has 3 rings (SSSR count). The van der Waals surface area contributed by atoms with Crippen LogP contribution in [0.2, 0.25) is 0 Å². The summed E-state index contributed by atoms with van der Waals surface area (Å²) in [6, 6.07) is 5.91. The van der Waals surface area contributed by atoms with Gasteiger partial charge in [-0.1, -0.05) is 18.2 Å².